The molecular formula is C14H13ClN6. The first-order chi connectivity index (χ1) is 10.2. The average Bonchev–Trinajstić information content (AvgIpc) is 2.97. The predicted octanol–water partition coefficient (Wildman–Crippen LogP) is 2.46. The van der Waals surface area contributed by atoms with Crippen LogP contribution in [0, 0.1) is 0 Å². The molecule has 2 heterocycles. The lowest BCUT2D eigenvalue weighted by molar-refractivity contribution is 1.06. The van der Waals surface area contributed by atoms with Gasteiger partial charge in [-0.05, 0) is 24.3 Å². The molecule has 0 saturated heterocycles. The highest BCUT2D eigenvalue weighted by molar-refractivity contribution is 6.30. The first kappa shape index (κ1) is 13.4. The third kappa shape index (κ3) is 2.67. The van der Waals surface area contributed by atoms with E-state index in [1.807, 2.05) is 35.0 Å². The number of hydrazine groups is 1. The number of rotatable bonds is 3. The molecule has 0 amide bonds. The fourth-order valence-corrected chi connectivity index (χ4v) is 2.15. The van der Waals surface area contributed by atoms with E-state index in [0.29, 0.717) is 27.8 Å². The lowest BCUT2D eigenvalue weighted by atomic mass is 10.2. The summed E-state index contributed by atoms with van der Waals surface area (Å²) < 4.78 is 1.87. The standard InChI is InChI=1S/C14H13ClN6/c15-9-2-1-3-10(4-9)21-7-14(19-8-21)13-5-12(20-17)11(16)6-18-13/h1-8H,16-17H2,(H,18,20). The predicted molar refractivity (Wildman–Crippen MR) is 84.0 cm³/mol. The van der Waals surface area contributed by atoms with E-state index in [1.54, 1.807) is 18.6 Å². The van der Waals surface area contributed by atoms with E-state index in [-0.39, 0.29) is 0 Å². The van der Waals surface area contributed by atoms with Crippen molar-refractivity contribution in [1.29, 1.82) is 0 Å². The van der Waals surface area contributed by atoms with Gasteiger partial charge < -0.3 is 15.7 Å². The molecular weight excluding hydrogens is 288 g/mol. The number of nitrogens with zero attached hydrogens (tertiary/aromatic N) is 3. The summed E-state index contributed by atoms with van der Waals surface area (Å²) >= 11 is 5.99. The van der Waals surface area contributed by atoms with Gasteiger partial charge in [-0.25, -0.2) is 4.98 Å². The Hall–Kier alpha value is -2.57. The lowest BCUT2D eigenvalue weighted by Gasteiger charge is -2.05. The quantitative estimate of drug-likeness (QED) is 0.510. The summed E-state index contributed by atoms with van der Waals surface area (Å²) in [5, 5.41) is 0.669. The Balaban J connectivity index is 1.98. The summed E-state index contributed by atoms with van der Waals surface area (Å²) in [5.74, 6) is 5.41. The van der Waals surface area contributed by atoms with Gasteiger partial charge in [-0.3, -0.25) is 10.8 Å². The number of imidazole rings is 1. The Morgan fingerprint density at radius 2 is 2.00 bits per heavy atom. The highest BCUT2D eigenvalue weighted by Crippen LogP contribution is 2.24. The molecule has 0 saturated carbocycles. The molecule has 5 N–H and O–H groups in total. The highest BCUT2D eigenvalue weighted by Gasteiger charge is 2.08. The van der Waals surface area contributed by atoms with Gasteiger partial charge in [-0.15, -0.1) is 0 Å². The second kappa shape index (κ2) is 5.43. The van der Waals surface area contributed by atoms with Crippen molar-refractivity contribution < 1.29 is 0 Å². The van der Waals surface area contributed by atoms with E-state index in [4.69, 9.17) is 23.2 Å². The van der Waals surface area contributed by atoms with Gasteiger partial charge in [0, 0.05) is 16.9 Å². The maximum Gasteiger partial charge on any atom is 0.107 e. The summed E-state index contributed by atoms with van der Waals surface area (Å²) in [5.41, 5.74) is 11.7. The summed E-state index contributed by atoms with van der Waals surface area (Å²) in [7, 11) is 0. The van der Waals surface area contributed by atoms with Crippen molar-refractivity contribution in [2.45, 2.75) is 0 Å². The van der Waals surface area contributed by atoms with E-state index < -0.39 is 0 Å². The van der Waals surface area contributed by atoms with Crippen LogP contribution in [0.1, 0.15) is 0 Å². The minimum atomic E-state index is 0.482. The van der Waals surface area contributed by atoms with Crippen molar-refractivity contribution in [2.24, 2.45) is 5.84 Å². The molecule has 3 aromatic rings. The Kier molecular flexibility index (Phi) is 3.47. The molecule has 0 aliphatic heterocycles. The molecule has 21 heavy (non-hydrogen) atoms. The molecule has 7 heteroatoms. The summed E-state index contributed by atoms with van der Waals surface area (Å²) in [6.07, 6.45) is 5.11. The van der Waals surface area contributed by atoms with E-state index in [0.717, 1.165) is 5.69 Å². The van der Waals surface area contributed by atoms with Gasteiger partial charge in [0.2, 0.25) is 0 Å². The van der Waals surface area contributed by atoms with Crippen molar-refractivity contribution >= 4 is 23.0 Å². The van der Waals surface area contributed by atoms with Crippen molar-refractivity contribution in [2.75, 3.05) is 11.2 Å². The van der Waals surface area contributed by atoms with Crippen LogP contribution in [-0.2, 0) is 0 Å². The number of halogens is 1. The average molecular weight is 301 g/mol. The van der Waals surface area contributed by atoms with Crippen LogP contribution in [0.5, 0.6) is 0 Å². The Morgan fingerprint density at radius 1 is 1.14 bits per heavy atom. The maximum absolute atomic E-state index is 5.99. The second-order valence-corrected chi connectivity index (χ2v) is 4.88. The first-order valence-electron chi connectivity index (χ1n) is 6.20. The molecule has 106 valence electrons. The van der Waals surface area contributed by atoms with E-state index in [1.165, 1.54) is 0 Å². The molecule has 0 unspecified atom stereocenters. The third-order valence-corrected chi connectivity index (χ3v) is 3.28. The van der Waals surface area contributed by atoms with Crippen molar-refractivity contribution in [3.63, 3.8) is 0 Å². The van der Waals surface area contributed by atoms with Gasteiger partial charge in [-0.2, -0.15) is 0 Å². The summed E-state index contributed by atoms with van der Waals surface area (Å²) in [6, 6.07) is 9.26. The number of nitrogens with two attached hydrogens (primary N) is 2. The summed E-state index contributed by atoms with van der Waals surface area (Å²) in [6.45, 7) is 0. The molecule has 0 aliphatic rings. The van der Waals surface area contributed by atoms with Crippen LogP contribution in [-0.4, -0.2) is 14.5 Å². The van der Waals surface area contributed by atoms with Crippen molar-refractivity contribution in [3.8, 4) is 17.1 Å². The van der Waals surface area contributed by atoms with E-state index in [2.05, 4.69) is 15.4 Å². The molecule has 0 atom stereocenters. The monoisotopic (exact) mass is 300 g/mol. The Morgan fingerprint density at radius 3 is 2.76 bits per heavy atom. The zero-order chi connectivity index (χ0) is 14.8. The van der Waals surface area contributed by atoms with Crippen LogP contribution in [0.4, 0.5) is 11.4 Å². The normalized spacial score (nSPS) is 10.6. The number of nitrogen functional groups attached to an aromatic ring is 2. The zero-order valence-corrected chi connectivity index (χ0v) is 11.7. The Labute approximate surface area is 126 Å². The maximum atomic E-state index is 5.99. The minimum Gasteiger partial charge on any atom is -0.396 e. The van der Waals surface area contributed by atoms with Gasteiger partial charge >= 0.3 is 0 Å². The van der Waals surface area contributed by atoms with Crippen LogP contribution in [0.25, 0.3) is 17.1 Å². The van der Waals surface area contributed by atoms with E-state index >= 15 is 0 Å². The van der Waals surface area contributed by atoms with Gasteiger partial charge in [0.05, 0.1) is 29.6 Å². The molecule has 0 aliphatic carbocycles. The number of anilines is 2. The van der Waals surface area contributed by atoms with Crippen molar-refractivity contribution in [3.05, 3.63) is 54.1 Å². The number of aromatic nitrogens is 3. The number of pyridine rings is 1. The molecule has 1 aromatic carbocycles. The molecule has 6 nitrogen and oxygen atoms in total. The van der Waals surface area contributed by atoms with Gasteiger partial charge in [0.25, 0.3) is 0 Å². The van der Waals surface area contributed by atoms with Gasteiger partial charge in [-0.1, -0.05) is 17.7 Å². The van der Waals surface area contributed by atoms with Crippen LogP contribution >= 0.6 is 11.6 Å². The minimum absolute atomic E-state index is 0.482. The SMILES string of the molecule is NNc1cc(-c2cn(-c3cccc(Cl)c3)cn2)ncc1N. The Bertz CT molecular complexity index is 783. The largest absolute Gasteiger partial charge is 0.396 e. The highest BCUT2D eigenvalue weighted by atomic mass is 35.5. The van der Waals surface area contributed by atoms with Gasteiger partial charge in [0.15, 0.2) is 0 Å². The number of nitrogens with one attached hydrogen (secondary N) is 1. The molecule has 0 spiro atoms. The van der Waals surface area contributed by atoms with Crippen molar-refractivity contribution in [1.82, 2.24) is 14.5 Å². The molecule has 0 bridgehead atoms. The second-order valence-electron chi connectivity index (χ2n) is 4.45. The topological polar surface area (TPSA) is 94.8 Å². The summed E-state index contributed by atoms with van der Waals surface area (Å²) in [4.78, 5) is 8.60. The lowest BCUT2D eigenvalue weighted by Crippen LogP contribution is -2.09. The fourth-order valence-electron chi connectivity index (χ4n) is 1.96. The number of benzene rings is 1. The number of hydrogen-bond acceptors (Lipinski definition) is 5. The third-order valence-electron chi connectivity index (χ3n) is 3.04. The van der Waals surface area contributed by atoms with Gasteiger partial charge in [0.1, 0.15) is 5.69 Å². The number of hydrogen-bond donors (Lipinski definition) is 3. The van der Waals surface area contributed by atoms with Crippen LogP contribution in [0.2, 0.25) is 5.02 Å². The smallest absolute Gasteiger partial charge is 0.107 e. The molecule has 0 fully saturated rings. The molecule has 2 aromatic heterocycles. The molecule has 3 rings (SSSR count). The van der Waals surface area contributed by atoms with Crippen LogP contribution in [0.15, 0.2) is 49.1 Å². The molecule has 0 radical (unpaired) electrons. The fraction of sp³-hybridized carbons (Fsp3) is 0. The zero-order valence-electron chi connectivity index (χ0n) is 11.0. The van der Waals surface area contributed by atoms with Crippen LogP contribution < -0.4 is 17.0 Å². The van der Waals surface area contributed by atoms with E-state index in [9.17, 15) is 0 Å². The van der Waals surface area contributed by atoms with Crippen LogP contribution in [0.3, 0.4) is 0 Å². The first-order valence-corrected chi connectivity index (χ1v) is 6.57.